The van der Waals surface area contributed by atoms with E-state index in [0.29, 0.717) is 5.02 Å². The molecule has 0 aromatic heterocycles. The molecule has 0 aliphatic heterocycles. The lowest BCUT2D eigenvalue weighted by Gasteiger charge is -2.11. The number of carbonyl (C=O) groups is 2. The maximum atomic E-state index is 11.7. The first-order chi connectivity index (χ1) is 9.06. The van der Waals surface area contributed by atoms with Crippen molar-refractivity contribution >= 4 is 29.6 Å². The largest absolute Gasteiger partial charge is 0.480 e. The molecular formula is C14H14ClNO3. The fourth-order valence-electron chi connectivity index (χ4n) is 1.79. The van der Waals surface area contributed by atoms with Gasteiger partial charge in [0.15, 0.2) is 0 Å². The van der Waals surface area contributed by atoms with E-state index in [1.807, 2.05) is 6.07 Å². The number of carbonyl (C=O) groups excluding carboxylic acids is 1. The molecule has 1 aromatic rings. The summed E-state index contributed by atoms with van der Waals surface area (Å²) in [5.41, 5.74) is 0.793. The molecule has 0 heterocycles. The number of nitrogens with one attached hydrogen (secondary N) is 1. The maximum absolute atomic E-state index is 11.7. The number of amides is 1. The second kappa shape index (κ2) is 5.89. The Hall–Kier alpha value is -1.81. The van der Waals surface area contributed by atoms with Gasteiger partial charge in [-0.1, -0.05) is 23.7 Å². The summed E-state index contributed by atoms with van der Waals surface area (Å²) >= 11 is 5.82. The Kier molecular flexibility index (Phi) is 4.22. The van der Waals surface area contributed by atoms with Gasteiger partial charge in [-0.25, -0.2) is 4.79 Å². The number of carboxylic acids is 1. The average Bonchev–Trinajstić information content (AvgIpc) is 3.17. The molecule has 19 heavy (non-hydrogen) atoms. The topological polar surface area (TPSA) is 66.4 Å². The van der Waals surface area contributed by atoms with Crippen molar-refractivity contribution < 1.29 is 14.7 Å². The first-order valence-corrected chi connectivity index (χ1v) is 6.41. The monoisotopic (exact) mass is 279 g/mol. The summed E-state index contributed by atoms with van der Waals surface area (Å²) in [7, 11) is 0. The second-order valence-electron chi connectivity index (χ2n) is 4.55. The molecule has 1 aliphatic rings. The molecule has 100 valence electrons. The molecule has 0 spiro atoms. The van der Waals surface area contributed by atoms with E-state index in [-0.39, 0.29) is 5.92 Å². The van der Waals surface area contributed by atoms with Gasteiger partial charge in [-0.2, -0.15) is 0 Å². The van der Waals surface area contributed by atoms with Crippen LogP contribution in [0.3, 0.4) is 0 Å². The van der Waals surface area contributed by atoms with Crippen LogP contribution in [0.15, 0.2) is 30.3 Å². The van der Waals surface area contributed by atoms with Crippen molar-refractivity contribution in [1.82, 2.24) is 5.32 Å². The zero-order chi connectivity index (χ0) is 13.8. The van der Waals surface area contributed by atoms with Gasteiger partial charge in [-0.05, 0) is 42.5 Å². The van der Waals surface area contributed by atoms with Gasteiger partial charge in [-0.3, -0.25) is 4.79 Å². The Balaban J connectivity index is 1.95. The summed E-state index contributed by atoms with van der Waals surface area (Å²) in [6.07, 6.45) is 4.64. The number of halogens is 1. The molecule has 4 nitrogen and oxygen atoms in total. The number of aliphatic carboxylic acids is 1. The molecule has 2 N–H and O–H groups in total. The van der Waals surface area contributed by atoms with Crippen LogP contribution in [0.5, 0.6) is 0 Å². The van der Waals surface area contributed by atoms with Crippen LogP contribution in [-0.2, 0) is 9.59 Å². The molecular weight excluding hydrogens is 266 g/mol. The number of hydrogen-bond acceptors (Lipinski definition) is 2. The van der Waals surface area contributed by atoms with Crippen molar-refractivity contribution in [3.05, 3.63) is 40.9 Å². The van der Waals surface area contributed by atoms with Crippen molar-refractivity contribution in [2.24, 2.45) is 5.92 Å². The third-order valence-corrected chi connectivity index (χ3v) is 3.17. The third kappa shape index (κ3) is 4.10. The molecule has 5 heteroatoms. The van der Waals surface area contributed by atoms with Gasteiger partial charge in [0.05, 0.1) is 0 Å². The van der Waals surface area contributed by atoms with E-state index in [1.165, 1.54) is 6.08 Å². The smallest absolute Gasteiger partial charge is 0.326 e. The molecule has 1 amide bonds. The summed E-state index contributed by atoms with van der Waals surface area (Å²) in [5.74, 6) is -1.31. The molecule has 1 unspecified atom stereocenters. The highest BCUT2D eigenvalue weighted by Gasteiger charge is 2.36. The first-order valence-electron chi connectivity index (χ1n) is 6.03. The Morgan fingerprint density at radius 3 is 2.74 bits per heavy atom. The number of hydrogen-bond donors (Lipinski definition) is 2. The minimum absolute atomic E-state index is 0.0704. The van der Waals surface area contributed by atoms with Crippen LogP contribution in [0.4, 0.5) is 0 Å². The summed E-state index contributed by atoms with van der Waals surface area (Å²) in [5, 5.41) is 12.1. The van der Waals surface area contributed by atoms with Crippen molar-refractivity contribution in [3.8, 4) is 0 Å². The van der Waals surface area contributed by atoms with Crippen molar-refractivity contribution in [3.63, 3.8) is 0 Å². The summed E-state index contributed by atoms with van der Waals surface area (Å²) in [6.45, 7) is 0. The van der Waals surface area contributed by atoms with Crippen molar-refractivity contribution in [2.45, 2.75) is 18.9 Å². The normalized spacial score (nSPS) is 16.3. The van der Waals surface area contributed by atoms with E-state index < -0.39 is 17.9 Å². The van der Waals surface area contributed by atoms with Crippen LogP contribution in [-0.4, -0.2) is 23.0 Å². The quantitative estimate of drug-likeness (QED) is 0.813. The minimum atomic E-state index is -0.980. The highest BCUT2D eigenvalue weighted by molar-refractivity contribution is 6.30. The Morgan fingerprint density at radius 1 is 1.42 bits per heavy atom. The van der Waals surface area contributed by atoms with Gasteiger partial charge in [0.25, 0.3) is 0 Å². The molecule has 1 atom stereocenters. The SMILES string of the molecule is O=C(C=Cc1cccc(Cl)c1)NC(C(=O)O)C1CC1. The van der Waals surface area contributed by atoms with Gasteiger partial charge < -0.3 is 10.4 Å². The third-order valence-electron chi connectivity index (χ3n) is 2.93. The highest BCUT2D eigenvalue weighted by atomic mass is 35.5. The predicted molar refractivity (Wildman–Crippen MR) is 72.8 cm³/mol. The average molecular weight is 280 g/mol. The number of rotatable bonds is 5. The van der Waals surface area contributed by atoms with E-state index in [9.17, 15) is 9.59 Å². The molecule has 0 radical (unpaired) electrons. The lowest BCUT2D eigenvalue weighted by Crippen LogP contribution is -2.41. The van der Waals surface area contributed by atoms with Gasteiger partial charge in [0.1, 0.15) is 6.04 Å². The molecule has 1 aliphatic carbocycles. The molecule has 1 saturated carbocycles. The minimum Gasteiger partial charge on any atom is -0.480 e. The zero-order valence-corrected chi connectivity index (χ0v) is 10.9. The lowest BCUT2D eigenvalue weighted by molar-refractivity contribution is -0.141. The highest BCUT2D eigenvalue weighted by Crippen LogP contribution is 2.32. The molecule has 0 bridgehead atoms. The van der Waals surface area contributed by atoms with Crippen LogP contribution in [0, 0.1) is 5.92 Å². The van der Waals surface area contributed by atoms with Gasteiger partial charge in [0, 0.05) is 11.1 Å². The van der Waals surface area contributed by atoms with Crippen molar-refractivity contribution in [2.75, 3.05) is 0 Å². The zero-order valence-electron chi connectivity index (χ0n) is 10.2. The van der Waals surface area contributed by atoms with Crippen LogP contribution < -0.4 is 5.32 Å². The van der Waals surface area contributed by atoms with Crippen LogP contribution >= 0.6 is 11.6 Å². The van der Waals surface area contributed by atoms with E-state index >= 15 is 0 Å². The maximum Gasteiger partial charge on any atom is 0.326 e. The van der Waals surface area contributed by atoms with Crippen molar-refractivity contribution in [1.29, 1.82) is 0 Å². The van der Waals surface area contributed by atoms with E-state index in [2.05, 4.69) is 5.32 Å². The predicted octanol–water partition coefficient (Wildman–Crippen LogP) is 2.33. The lowest BCUT2D eigenvalue weighted by atomic mass is 10.2. The number of carboxylic acid groups (broad SMARTS) is 1. The summed E-state index contributed by atoms with van der Waals surface area (Å²) in [4.78, 5) is 22.6. The van der Waals surface area contributed by atoms with E-state index in [4.69, 9.17) is 16.7 Å². The van der Waals surface area contributed by atoms with Crippen LogP contribution in [0.2, 0.25) is 5.02 Å². The Bertz CT molecular complexity index is 523. The van der Waals surface area contributed by atoms with E-state index in [1.54, 1.807) is 24.3 Å². The standard InChI is InChI=1S/C14H14ClNO3/c15-11-3-1-2-9(8-11)4-7-12(17)16-13(14(18)19)10-5-6-10/h1-4,7-8,10,13H,5-6H2,(H,16,17)(H,18,19). The molecule has 1 fully saturated rings. The Labute approximate surface area is 116 Å². The van der Waals surface area contributed by atoms with Crippen LogP contribution in [0.25, 0.3) is 6.08 Å². The molecule has 2 rings (SSSR count). The molecule has 0 saturated heterocycles. The number of benzene rings is 1. The van der Waals surface area contributed by atoms with Gasteiger partial charge in [0.2, 0.25) is 5.91 Å². The Morgan fingerprint density at radius 2 is 2.16 bits per heavy atom. The summed E-state index contributed by atoms with van der Waals surface area (Å²) < 4.78 is 0. The fraction of sp³-hybridized carbons (Fsp3) is 0.286. The van der Waals surface area contributed by atoms with Gasteiger partial charge in [-0.15, -0.1) is 0 Å². The molecule has 1 aromatic carbocycles. The second-order valence-corrected chi connectivity index (χ2v) is 4.99. The van der Waals surface area contributed by atoms with Crippen LogP contribution in [0.1, 0.15) is 18.4 Å². The van der Waals surface area contributed by atoms with Gasteiger partial charge >= 0.3 is 5.97 Å². The fourth-order valence-corrected chi connectivity index (χ4v) is 1.99. The summed E-state index contributed by atoms with van der Waals surface area (Å²) in [6, 6.07) is 6.28. The first kappa shape index (κ1) is 13.6. The van der Waals surface area contributed by atoms with E-state index in [0.717, 1.165) is 18.4 Å².